The van der Waals surface area contributed by atoms with Crippen LogP contribution in [0.5, 0.6) is 0 Å². The molecule has 3 aromatic rings. The van der Waals surface area contributed by atoms with Crippen molar-refractivity contribution in [3.05, 3.63) is 102 Å². The van der Waals surface area contributed by atoms with Crippen LogP contribution in [-0.4, -0.2) is 5.91 Å². The fraction of sp³-hybridized carbons (Fsp3) is 0.0952. The molecule has 0 saturated carbocycles. The van der Waals surface area contributed by atoms with Gasteiger partial charge in [0.05, 0.1) is 5.92 Å². The van der Waals surface area contributed by atoms with Gasteiger partial charge in [0, 0.05) is 5.69 Å². The van der Waals surface area contributed by atoms with Crippen molar-refractivity contribution < 1.29 is 4.79 Å². The summed E-state index contributed by atoms with van der Waals surface area (Å²) in [6.45, 7) is 0. The number of rotatable bonds is 5. The van der Waals surface area contributed by atoms with Gasteiger partial charge in [-0.2, -0.15) is 0 Å². The number of carbonyl (C=O) groups excluding carboxylic acids is 1. The Bertz CT molecular complexity index is 739. The highest BCUT2D eigenvalue weighted by Crippen LogP contribution is 2.23. The maximum Gasteiger partial charge on any atom is 0.232 e. The van der Waals surface area contributed by atoms with Crippen LogP contribution in [0.15, 0.2) is 91.0 Å². The summed E-state index contributed by atoms with van der Waals surface area (Å²) in [6, 6.07) is 29.7. The van der Waals surface area contributed by atoms with Gasteiger partial charge in [-0.05, 0) is 29.7 Å². The number of amides is 1. The minimum atomic E-state index is -0.209. The van der Waals surface area contributed by atoms with Crippen molar-refractivity contribution in [1.29, 1.82) is 0 Å². The van der Waals surface area contributed by atoms with Crippen LogP contribution in [0.2, 0.25) is 0 Å². The second kappa shape index (κ2) is 7.41. The molecular weight excluding hydrogens is 282 g/mol. The van der Waals surface area contributed by atoms with Crippen LogP contribution in [-0.2, 0) is 11.2 Å². The van der Waals surface area contributed by atoms with Crippen LogP contribution in [0, 0.1) is 0 Å². The van der Waals surface area contributed by atoms with Gasteiger partial charge in [0.1, 0.15) is 0 Å². The summed E-state index contributed by atoms with van der Waals surface area (Å²) in [7, 11) is 0. The molecular formula is C21H19NO. The monoisotopic (exact) mass is 301 g/mol. The van der Waals surface area contributed by atoms with E-state index >= 15 is 0 Å². The summed E-state index contributed by atoms with van der Waals surface area (Å²) in [6.07, 6.45) is 0.684. The first-order valence-electron chi connectivity index (χ1n) is 7.78. The number of para-hydroxylation sites is 1. The van der Waals surface area contributed by atoms with Gasteiger partial charge in [0.25, 0.3) is 0 Å². The van der Waals surface area contributed by atoms with E-state index in [1.54, 1.807) is 0 Å². The van der Waals surface area contributed by atoms with Crippen molar-refractivity contribution in [1.82, 2.24) is 0 Å². The lowest BCUT2D eigenvalue weighted by molar-refractivity contribution is -0.117. The van der Waals surface area contributed by atoms with E-state index in [4.69, 9.17) is 0 Å². The standard InChI is InChI=1S/C21H19NO/c23-21(22-19-14-8-3-9-15-19)20(18-12-6-2-7-13-18)16-17-10-4-1-5-11-17/h1-15,20H,16H2,(H,22,23). The summed E-state index contributed by atoms with van der Waals surface area (Å²) in [5.41, 5.74) is 3.01. The Hall–Kier alpha value is -2.87. The lowest BCUT2D eigenvalue weighted by Gasteiger charge is -2.17. The average Bonchev–Trinajstić information content (AvgIpc) is 2.62. The van der Waals surface area contributed by atoms with E-state index in [9.17, 15) is 4.79 Å². The zero-order chi connectivity index (χ0) is 15.9. The van der Waals surface area contributed by atoms with Gasteiger partial charge in [-0.25, -0.2) is 0 Å². The molecule has 0 spiro atoms. The Kier molecular flexibility index (Phi) is 4.85. The van der Waals surface area contributed by atoms with E-state index in [1.807, 2.05) is 78.9 Å². The number of carbonyl (C=O) groups is 1. The third-order valence-electron chi connectivity index (χ3n) is 3.84. The Morgan fingerprint density at radius 2 is 1.26 bits per heavy atom. The maximum absolute atomic E-state index is 12.8. The first kappa shape index (κ1) is 15.0. The van der Waals surface area contributed by atoms with Gasteiger partial charge in [0.2, 0.25) is 5.91 Å². The molecule has 114 valence electrons. The van der Waals surface area contributed by atoms with Crippen molar-refractivity contribution in [2.75, 3.05) is 5.32 Å². The molecule has 0 fully saturated rings. The molecule has 2 nitrogen and oxygen atoms in total. The molecule has 0 saturated heterocycles. The molecule has 0 bridgehead atoms. The zero-order valence-corrected chi connectivity index (χ0v) is 12.9. The minimum absolute atomic E-state index is 0.0197. The van der Waals surface area contributed by atoms with Crippen LogP contribution >= 0.6 is 0 Å². The number of benzene rings is 3. The third-order valence-corrected chi connectivity index (χ3v) is 3.84. The van der Waals surface area contributed by atoms with E-state index in [-0.39, 0.29) is 11.8 Å². The molecule has 0 aliphatic rings. The molecule has 1 unspecified atom stereocenters. The van der Waals surface area contributed by atoms with Crippen LogP contribution < -0.4 is 5.32 Å². The summed E-state index contributed by atoms with van der Waals surface area (Å²) in [5, 5.41) is 3.02. The van der Waals surface area contributed by atoms with E-state index in [0.717, 1.165) is 16.8 Å². The summed E-state index contributed by atoms with van der Waals surface area (Å²) < 4.78 is 0. The molecule has 0 aliphatic heterocycles. The summed E-state index contributed by atoms with van der Waals surface area (Å²) in [4.78, 5) is 12.8. The van der Waals surface area contributed by atoms with Crippen LogP contribution in [0.3, 0.4) is 0 Å². The molecule has 1 amide bonds. The molecule has 2 heteroatoms. The topological polar surface area (TPSA) is 29.1 Å². The SMILES string of the molecule is O=C(Nc1ccccc1)C(Cc1ccccc1)c1ccccc1. The minimum Gasteiger partial charge on any atom is -0.326 e. The van der Waals surface area contributed by atoms with E-state index in [0.29, 0.717) is 6.42 Å². The molecule has 0 aromatic heterocycles. The van der Waals surface area contributed by atoms with Gasteiger partial charge in [-0.1, -0.05) is 78.9 Å². The molecule has 3 aromatic carbocycles. The molecule has 1 atom stereocenters. The van der Waals surface area contributed by atoms with Gasteiger partial charge in [0.15, 0.2) is 0 Å². The summed E-state index contributed by atoms with van der Waals surface area (Å²) >= 11 is 0. The molecule has 3 rings (SSSR count). The largest absolute Gasteiger partial charge is 0.326 e. The number of hydrogen-bond donors (Lipinski definition) is 1. The van der Waals surface area contributed by atoms with Crippen molar-refractivity contribution in [2.45, 2.75) is 12.3 Å². The highest BCUT2D eigenvalue weighted by atomic mass is 16.1. The second-order valence-corrected chi connectivity index (χ2v) is 5.51. The fourth-order valence-electron chi connectivity index (χ4n) is 2.65. The van der Waals surface area contributed by atoms with E-state index in [1.165, 1.54) is 0 Å². The quantitative estimate of drug-likeness (QED) is 0.730. The molecule has 0 heterocycles. The highest BCUT2D eigenvalue weighted by Gasteiger charge is 2.21. The van der Waals surface area contributed by atoms with Crippen LogP contribution in [0.25, 0.3) is 0 Å². The first-order chi connectivity index (χ1) is 11.3. The molecule has 0 radical (unpaired) electrons. The first-order valence-corrected chi connectivity index (χ1v) is 7.78. The Morgan fingerprint density at radius 1 is 0.739 bits per heavy atom. The predicted molar refractivity (Wildman–Crippen MR) is 94.4 cm³/mol. The number of anilines is 1. The zero-order valence-electron chi connectivity index (χ0n) is 12.9. The van der Waals surface area contributed by atoms with E-state index in [2.05, 4.69) is 17.4 Å². The van der Waals surface area contributed by atoms with Crippen molar-refractivity contribution >= 4 is 11.6 Å². The lowest BCUT2D eigenvalue weighted by Crippen LogP contribution is -2.23. The van der Waals surface area contributed by atoms with Gasteiger partial charge in [-0.3, -0.25) is 4.79 Å². The van der Waals surface area contributed by atoms with Crippen molar-refractivity contribution in [2.24, 2.45) is 0 Å². The van der Waals surface area contributed by atoms with Crippen molar-refractivity contribution in [3.8, 4) is 0 Å². The molecule has 23 heavy (non-hydrogen) atoms. The summed E-state index contributed by atoms with van der Waals surface area (Å²) in [5.74, 6) is -0.190. The highest BCUT2D eigenvalue weighted by molar-refractivity contribution is 5.96. The Balaban J connectivity index is 1.84. The fourth-order valence-corrected chi connectivity index (χ4v) is 2.65. The average molecular weight is 301 g/mol. The smallest absolute Gasteiger partial charge is 0.232 e. The molecule has 0 aliphatic carbocycles. The number of hydrogen-bond acceptors (Lipinski definition) is 1. The number of nitrogens with one attached hydrogen (secondary N) is 1. The Labute approximate surface area is 136 Å². The normalized spacial score (nSPS) is 11.7. The van der Waals surface area contributed by atoms with Crippen LogP contribution in [0.1, 0.15) is 17.0 Å². The predicted octanol–water partition coefficient (Wildman–Crippen LogP) is 4.65. The van der Waals surface area contributed by atoms with E-state index < -0.39 is 0 Å². The maximum atomic E-state index is 12.8. The van der Waals surface area contributed by atoms with Crippen LogP contribution in [0.4, 0.5) is 5.69 Å². The van der Waals surface area contributed by atoms with Gasteiger partial charge < -0.3 is 5.32 Å². The van der Waals surface area contributed by atoms with Gasteiger partial charge >= 0.3 is 0 Å². The second-order valence-electron chi connectivity index (χ2n) is 5.51. The van der Waals surface area contributed by atoms with Gasteiger partial charge in [-0.15, -0.1) is 0 Å². The molecule has 1 N–H and O–H groups in total. The lowest BCUT2D eigenvalue weighted by atomic mass is 9.91. The third kappa shape index (κ3) is 4.07. The Morgan fingerprint density at radius 3 is 1.87 bits per heavy atom. The van der Waals surface area contributed by atoms with Crippen molar-refractivity contribution in [3.63, 3.8) is 0 Å².